The van der Waals surface area contributed by atoms with Crippen LogP contribution in [0.5, 0.6) is 0 Å². The molecule has 0 aliphatic heterocycles. The number of halogens is 3. The van der Waals surface area contributed by atoms with Crippen LogP contribution in [-0.2, 0) is 12.7 Å². The van der Waals surface area contributed by atoms with Crippen molar-refractivity contribution in [2.45, 2.75) is 19.6 Å². The molecule has 1 aromatic heterocycles. The van der Waals surface area contributed by atoms with Gasteiger partial charge in [-0.2, -0.15) is 18.4 Å². The highest BCUT2D eigenvalue weighted by Crippen LogP contribution is 2.33. The number of alkyl halides is 3. The monoisotopic (exact) mass is 291 g/mol. The van der Waals surface area contributed by atoms with Crippen LogP contribution in [0.1, 0.15) is 22.3 Å². The molecule has 0 bridgehead atoms. The van der Waals surface area contributed by atoms with E-state index in [9.17, 15) is 13.2 Å². The number of anilines is 1. The molecule has 0 aliphatic rings. The zero-order valence-electron chi connectivity index (χ0n) is 11.2. The van der Waals surface area contributed by atoms with E-state index in [4.69, 9.17) is 5.26 Å². The highest BCUT2D eigenvalue weighted by atomic mass is 19.4. The Labute approximate surface area is 120 Å². The number of nitrogens with one attached hydrogen (secondary N) is 1. The molecule has 3 nitrogen and oxygen atoms in total. The smallest absolute Gasteiger partial charge is 0.381 e. The fourth-order valence-corrected chi connectivity index (χ4v) is 1.88. The first-order chi connectivity index (χ1) is 9.91. The van der Waals surface area contributed by atoms with Crippen LogP contribution in [0.2, 0.25) is 0 Å². The standard InChI is InChI=1S/C15H12F3N3/c1-10-8-20-5-4-12(10)9-21-13-3-2-11(7-19)14(6-13)15(16,17)18/h2-6,8,21H,9H2,1H3. The summed E-state index contributed by atoms with van der Waals surface area (Å²) in [6.07, 6.45) is -1.23. The van der Waals surface area contributed by atoms with Crippen LogP contribution in [0.15, 0.2) is 36.7 Å². The Morgan fingerprint density at radius 2 is 2.05 bits per heavy atom. The topological polar surface area (TPSA) is 48.7 Å². The van der Waals surface area contributed by atoms with Crippen LogP contribution < -0.4 is 5.32 Å². The van der Waals surface area contributed by atoms with E-state index in [0.717, 1.165) is 17.2 Å². The van der Waals surface area contributed by atoms with Crippen LogP contribution in [0.25, 0.3) is 0 Å². The molecule has 2 aromatic rings. The molecule has 0 saturated heterocycles. The predicted octanol–water partition coefficient (Wildman–Crippen LogP) is 3.89. The predicted molar refractivity (Wildman–Crippen MR) is 72.5 cm³/mol. The van der Waals surface area contributed by atoms with E-state index in [1.807, 2.05) is 6.92 Å². The van der Waals surface area contributed by atoms with Crippen molar-refractivity contribution in [1.29, 1.82) is 5.26 Å². The molecule has 21 heavy (non-hydrogen) atoms. The summed E-state index contributed by atoms with van der Waals surface area (Å²) in [6, 6.07) is 6.95. The largest absolute Gasteiger partial charge is 0.417 e. The van der Waals surface area contributed by atoms with Crippen LogP contribution in [-0.4, -0.2) is 4.98 Å². The summed E-state index contributed by atoms with van der Waals surface area (Å²) in [5, 5.41) is 11.7. The molecule has 0 saturated carbocycles. The number of benzene rings is 1. The van der Waals surface area contributed by atoms with Crippen molar-refractivity contribution in [3.05, 3.63) is 58.9 Å². The lowest BCUT2D eigenvalue weighted by Gasteiger charge is -2.13. The van der Waals surface area contributed by atoms with Gasteiger partial charge < -0.3 is 5.32 Å². The molecule has 6 heteroatoms. The first-order valence-corrected chi connectivity index (χ1v) is 6.16. The first kappa shape index (κ1) is 14.9. The third-order valence-corrected chi connectivity index (χ3v) is 3.06. The molecule has 0 fully saturated rings. The third kappa shape index (κ3) is 3.51. The lowest BCUT2D eigenvalue weighted by atomic mass is 10.1. The second-order valence-corrected chi connectivity index (χ2v) is 4.53. The normalized spacial score (nSPS) is 11.0. The maximum absolute atomic E-state index is 12.9. The van der Waals surface area contributed by atoms with Crippen molar-refractivity contribution in [2.75, 3.05) is 5.32 Å². The Balaban J connectivity index is 2.23. The van der Waals surface area contributed by atoms with E-state index in [0.29, 0.717) is 12.2 Å². The fourth-order valence-electron chi connectivity index (χ4n) is 1.88. The Bertz CT molecular complexity index is 687. The molecule has 2 rings (SSSR count). The lowest BCUT2D eigenvalue weighted by molar-refractivity contribution is -0.137. The summed E-state index contributed by atoms with van der Waals surface area (Å²) in [5.41, 5.74) is 0.907. The van der Waals surface area contributed by atoms with E-state index in [1.165, 1.54) is 12.1 Å². The number of aromatic nitrogens is 1. The van der Waals surface area contributed by atoms with Gasteiger partial charge in [0, 0.05) is 24.6 Å². The molecular weight excluding hydrogens is 279 g/mol. The summed E-state index contributed by atoms with van der Waals surface area (Å²) in [4.78, 5) is 3.96. The van der Waals surface area contributed by atoms with Gasteiger partial charge in [-0.05, 0) is 42.3 Å². The van der Waals surface area contributed by atoms with E-state index >= 15 is 0 Å². The molecule has 0 spiro atoms. The van der Waals surface area contributed by atoms with Crippen molar-refractivity contribution < 1.29 is 13.2 Å². The highest BCUT2D eigenvalue weighted by molar-refractivity contribution is 5.53. The number of hydrogen-bond acceptors (Lipinski definition) is 3. The molecule has 0 unspecified atom stereocenters. The zero-order chi connectivity index (χ0) is 15.5. The van der Waals surface area contributed by atoms with Crippen molar-refractivity contribution in [3.8, 4) is 6.07 Å². The molecule has 108 valence electrons. The van der Waals surface area contributed by atoms with E-state index in [1.54, 1.807) is 24.5 Å². The lowest BCUT2D eigenvalue weighted by Crippen LogP contribution is -2.09. The van der Waals surface area contributed by atoms with Gasteiger partial charge in [0.05, 0.1) is 17.2 Å². The van der Waals surface area contributed by atoms with E-state index in [2.05, 4.69) is 10.3 Å². The second kappa shape index (κ2) is 5.83. The second-order valence-electron chi connectivity index (χ2n) is 4.53. The van der Waals surface area contributed by atoms with E-state index in [-0.39, 0.29) is 5.56 Å². The van der Waals surface area contributed by atoms with Crippen molar-refractivity contribution in [3.63, 3.8) is 0 Å². The number of rotatable bonds is 3. The number of pyridine rings is 1. The third-order valence-electron chi connectivity index (χ3n) is 3.06. The molecular formula is C15H12F3N3. The van der Waals surface area contributed by atoms with Crippen LogP contribution in [0.4, 0.5) is 18.9 Å². The van der Waals surface area contributed by atoms with E-state index < -0.39 is 11.7 Å². The molecule has 1 aromatic carbocycles. The molecule has 1 N–H and O–H groups in total. The number of nitrogens with zero attached hydrogens (tertiary/aromatic N) is 2. The van der Waals surface area contributed by atoms with Gasteiger partial charge in [-0.1, -0.05) is 0 Å². The summed E-state index contributed by atoms with van der Waals surface area (Å²) in [5.74, 6) is 0. The minimum atomic E-state index is -4.55. The minimum absolute atomic E-state index is 0.317. The average molecular weight is 291 g/mol. The number of aryl methyl sites for hydroxylation is 1. The number of hydrogen-bond donors (Lipinski definition) is 1. The van der Waals surface area contributed by atoms with Crippen LogP contribution in [0, 0.1) is 18.3 Å². The maximum Gasteiger partial charge on any atom is 0.417 e. The zero-order valence-corrected chi connectivity index (χ0v) is 11.2. The highest BCUT2D eigenvalue weighted by Gasteiger charge is 2.33. The quantitative estimate of drug-likeness (QED) is 0.933. The Morgan fingerprint density at radius 3 is 2.67 bits per heavy atom. The van der Waals surface area contributed by atoms with Crippen molar-refractivity contribution in [2.24, 2.45) is 0 Å². The summed E-state index contributed by atoms with van der Waals surface area (Å²) >= 11 is 0. The summed E-state index contributed by atoms with van der Waals surface area (Å²) in [7, 11) is 0. The van der Waals surface area contributed by atoms with Gasteiger partial charge in [0.1, 0.15) is 0 Å². The summed E-state index contributed by atoms with van der Waals surface area (Å²) in [6.45, 7) is 2.27. The molecule has 1 heterocycles. The molecule has 0 aliphatic carbocycles. The molecule has 0 amide bonds. The van der Waals surface area contributed by atoms with Gasteiger partial charge in [-0.25, -0.2) is 0 Å². The molecule has 0 radical (unpaired) electrons. The molecule has 0 atom stereocenters. The Hall–Kier alpha value is -2.55. The SMILES string of the molecule is Cc1cnccc1CNc1ccc(C#N)c(C(F)(F)F)c1. The van der Waals surface area contributed by atoms with Gasteiger partial charge in [0.25, 0.3) is 0 Å². The maximum atomic E-state index is 12.9. The van der Waals surface area contributed by atoms with Gasteiger partial charge in [-0.15, -0.1) is 0 Å². The van der Waals surface area contributed by atoms with Crippen molar-refractivity contribution in [1.82, 2.24) is 4.98 Å². The van der Waals surface area contributed by atoms with Gasteiger partial charge in [0.2, 0.25) is 0 Å². The minimum Gasteiger partial charge on any atom is -0.381 e. The fraction of sp³-hybridized carbons (Fsp3) is 0.200. The number of nitriles is 1. The van der Waals surface area contributed by atoms with Crippen molar-refractivity contribution >= 4 is 5.69 Å². The average Bonchev–Trinajstić information content (AvgIpc) is 2.45. The Kier molecular flexibility index (Phi) is 4.13. The van der Waals surface area contributed by atoms with Gasteiger partial charge in [0.15, 0.2) is 0 Å². The van der Waals surface area contributed by atoms with Gasteiger partial charge in [-0.3, -0.25) is 4.98 Å². The first-order valence-electron chi connectivity index (χ1n) is 6.16. The van der Waals surface area contributed by atoms with Gasteiger partial charge >= 0.3 is 6.18 Å². The van der Waals surface area contributed by atoms with Crippen LogP contribution >= 0.6 is 0 Å². The Morgan fingerprint density at radius 1 is 1.29 bits per heavy atom. The summed E-state index contributed by atoms with van der Waals surface area (Å²) < 4.78 is 38.6. The van der Waals surface area contributed by atoms with Crippen LogP contribution in [0.3, 0.4) is 0 Å².